The number of rotatable bonds is 0. The molecule has 4 nitrogen and oxygen atoms in total. The summed E-state index contributed by atoms with van der Waals surface area (Å²) >= 11 is 0. The second kappa shape index (κ2) is 2.32. The third-order valence-corrected chi connectivity index (χ3v) is 4.25. The van der Waals surface area contributed by atoms with Gasteiger partial charge in [0.1, 0.15) is 22.4 Å². The van der Waals surface area contributed by atoms with Gasteiger partial charge < -0.3 is 19.7 Å². The second-order valence-corrected chi connectivity index (χ2v) is 5.19. The van der Waals surface area contributed by atoms with E-state index >= 15 is 0 Å². The summed E-state index contributed by atoms with van der Waals surface area (Å²) in [6.45, 7) is 7.33. The number of aliphatic hydroxyl groups is 2. The molecule has 82 valence electrons. The monoisotopic (exact) mass is 202 g/mol. The molecule has 0 radical (unpaired) electrons. The van der Waals surface area contributed by atoms with E-state index < -0.39 is 22.4 Å². The minimum absolute atomic E-state index is 0.191. The normalized spacial score (nSPS) is 63.0. The lowest BCUT2D eigenvalue weighted by atomic mass is 9.71. The van der Waals surface area contributed by atoms with Gasteiger partial charge in [-0.25, -0.2) is 0 Å². The molecule has 0 unspecified atom stereocenters. The van der Waals surface area contributed by atoms with Gasteiger partial charge in [-0.3, -0.25) is 0 Å². The predicted octanol–water partition coefficient (Wildman–Crippen LogP) is 0.0662. The van der Waals surface area contributed by atoms with Crippen LogP contribution in [-0.2, 0) is 9.47 Å². The number of hydrogen-bond acceptors (Lipinski definition) is 4. The van der Waals surface area contributed by atoms with Gasteiger partial charge in [0.15, 0.2) is 0 Å². The van der Waals surface area contributed by atoms with Gasteiger partial charge in [0.25, 0.3) is 0 Å². The van der Waals surface area contributed by atoms with Crippen LogP contribution < -0.4 is 0 Å². The lowest BCUT2D eigenvalue weighted by Gasteiger charge is -2.41. The van der Waals surface area contributed by atoms with Crippen molar-refractivity contribution in [1.29, 1.82) is 0 Å². The van der Waals surface area contributed by atoms with E-state index in [0.717, 1.165) is 0 Å². The molecular weight excluding hydrogens is 184 g/mol. The number of ether oxygens (including phenoxy) is 2. The van der Waals surface area contributed by atoms with Crippen molar-refractivity contribution in [2.24, 2.45) is 0 Å². The SMILES string of the molecule is C[C@]12OC[C@@](C)(O)[C@@]1(C)OC[C@]2(C)O. The number of fused-ring (bicyclic) bond motifs is 1. The fraction of sp³-hybridized carbons (Fsp3) is 1.00. The van der Waals surface area contributed by atoms with Gasteiger partial charge in [0, 0.05) is 0 Å². The molecule has 0 aromatic rings. The van der Waals surface area contributed by atoms with Crippen LogP contribution in [-0.4, -0.2) is 45.8 Å². The van der Waals surface area contributed by atoms with Crippen molar-refractivity contribution >= 4 is 0 Å². The summed E-state index contributed by atoms with van der Waals surface area (Å²) < 4.78 is 11.1. The molecule has 2 aliphatic heterocycles. The summed E-state index contributed by atoms with van der Waals surface area (Å²) in [5.41, 5.74) is -3.79. The van der Waals surface area contributed by atoms with E-state index in [4.69, 9.17) is 9.47 Å². The van der Waals surface area contributed by atoms with Crippen molar-refractivity contribution in [3.63, 3.8) is 0 Å². The van der Waals surface area contributed by atoms with Crippen LogP contribution in [0, 0.1) is 0 Å². The van der Waals surface area contributed by atoms with Crippen molar-refractivity contribution in [3.05, 3.63) is 0 Å². The van der Waals surface area contributed by atoms with Crippen molar-refractivity contribution in [1.82, 2.24) is 0 Å². The largest absolute Gasteiger partial charge is 0.385 e. The Bertz CT molecular complexity index is 245. The highest BCUT2D eigenvalue weighted by Gasteiger charge is 2.73. The van der Waals surface area contributed by atoms with Crippen molar-refractivity contribution in [3.8, 4) is 0 Å². The highest BCUT2D eigenvalue weighted by atomic mass is 16.6. The van der Waals surface area contributed by atoms with Gasteiger partial charge >= 0.3 is 0 Å². The Morgan fingerprint density at radius 2 is 1.07 bits per heavy atom. The Morgan fingerprint density at radius 3 is 1.36 bits per heavy atom. The Morgan fingerprint density at radius 1 is 0.786 bits per heavy atom. The Balaban J connectivity index is 2.50. The summed E-state index contributed by atoms with van der Waals surface area (Å²) in [6, 6.07) is 0. The molecule has 2 rings (SSSR count). The topological polar surface area (TPSA) is 58.9 Å². The molecule has 2 N–H and O–H groups in total. The van der Waals surface area contributed by atoms with Gasteiger partial charge in [0.2, 0.25) is 0 Å². The molecule has 0 aromatic heterocycles. The zero-order valence-corrected chi connectivity index (χ0v) is 9.13. The quantitative estimate of drug-likeness (QED) is 0.583. The molecule has 2 aliphatic rings. The van der Waals surface area contributed by atoms with Crippen LogP contribution in [0.15, 0.2) is 0 Å². The average molecular weight is 202 g/mol. The summed E-state index contributed by atoms with van der Waals surface area (Å²) in [7, 11) is 0. The molecule has 2 heterocycles. The second-order valence-electron chi connectivity index (χ2n) is 5.19. The van der Waals surface area contributed by atoms with Crippen molar-refractivity contribution in [2.45, 2.75) is 50.1 Å². The summed E-state index contributed by atoms with van der Waals surface area (Å²) in [6.07, 6.45) is 0. The molecule has 0 amide bonds. The van der Waals surface area contributed by atoms with Crippen LogP contribution in [0.25, 0.3) is 0 Å². The standard InChI is InChI=1S/C10H18O4/c1-7(11)5-13-10(4)8(2,12)6-14-9(7,10)3/h11-12H,5-6H2,1-4H3/t7-,8+,9-,10-/m1/s1. The van der Waals surface area contributed by atoms with Crippen LogP contribution in [0.3, 0.4) is 0 Å². The third kappa shape index (κ3) is 0.834. The van der Waals surface area contributed by atoms with E-state index in [1.807, 2.05) is 0 Å². The molecule has 0 aliphatic carbocycles. The summed E-state index contributed by atoms with van der Waals surface area (Å²) in [4.78, 5) is 0. The van der Waals surface area contributed by atoms with Gasteiger partial charge in [-0.1, -0.05) is 0 Å². The molecule has 4 heteroatoms. The van der Waals surface area contributed by atoms with E-state index in [2.05, 4.69) is 0 Å². The zero-order chi connectivity index (χ0) is 10.8. The maximum Gasteiger partial charge on any atom is 0.127 e. The minimum atomic E-state index is -1.05. The van der Waals surface area contributed by atoms with E-state index in [1.54, 1.807) is 27.7 Å². The third-order valence-electron chi connectivity index (χ3n) is 4.25. The van der Waals surface area contributed by atoms with Crippen LogP contribution in [0.5, 0.6) is 0 Å². The smallest absolute Gasteiger partial charge is 0.127 e. The fourth-order valence-corrected chi connectivity index (χ4v) is 2.46. The van der Waals surface area contributed by atoms with Crippen molar-refractivity contribution in [2.75, 3.05) is 13.2 Å². The van der Waals surface area contributed by atoms with E-state index in [9.17, 15) is 10.2 Å². The first kappa shape index (κ1) is 10.4. The molecule has 4 atom stereocenters. The van der Waals surface area contributed by atoms with Crippen LogP contribution >= 0.6 is 0 Å². The minimum Gasteiger partial charge on any atom is -0.385 e. The maximum atomic E-state index is 10.2. The van der Waals surface area contributed by atoms with Gasteiger partial charge in [-0.15, -0.1) is 0 Å². The summed E-state index contributed by atoms with van der Waals surface area (Å²) in [5.74, 6) is 0. The highest BCUT2D eigenvalue weighted by molar-refractivity contribution is 5.23. The van der Waals surface area contributed by atoms with E-state index in [1.165, 1.54) is 0 Å². The zero-order valence-electron chi connectivity index (χ0n) is 9.13. The molecule has 0 saturated carbocycles. The Kier molecular flexibility index (Phi) is 1.72. The molecule has 0 spiro atoms. The summed E-state index contributed by atoms with van der Waals surface area (Å²) in [5, 5.41) is 20.3. The van der Waals surface area contributed by atoms with Crippen LogP contribution in [0.4, 0.5) is 0 Å². The van der Waals surface area contributed by atoms with Gasteiger partial charge in [0.05, 0.1) is 13.2 Å². The van der Waals surface area contributed by atoms with E-state index in [-0.39, 0.29) is 13.2 Å². The first-order chi connectivity index (χ1) is 6.16. The van der Waals surface area contributed by atoms with E-state index in [0.29, 0.717) is 0 Å². The molecular formula is C10H18O4. The molecule has 0 aromatic carbocycles. The van der Waals surface area contributed by atoms with Gasteiger partial charge in [-0.05, 0) is 27.7 Å². The lowest BCUT2D eigenvalue weighted by Crippen LogP contribution is -2.61. The van der Waals surface area contributed by atoms with Crippen LogP contribution in [0.2, 0.25) is 0 Å². The maximum absolute atomic E-state index is 10.2. The molecule has 14 heavy (non-hydrogen) atoms. The average Bonchev–Trinajstić information content (AvgIpc) is 2.35. The molecule has 2 fully saturated rings. The lowest BCUT2D eigenvalue weighted by molar-refractivity contribution is -0.147. The fourth-order valence-electron chi connectivity index (χ4n) is 2.46. The predicted molar refractivity (Wildman–Crippen MR) is 50.0 cm³/mol. The Hall–Kier alpha value is -0.160. The first-order valence-electron chi connectivity index (χ1n) is 4.89. The van der Waals surface area contributed by atoms with Crippen molar-refractivity contribution < 1.29 is 19.7 Å². The molecule has 2 saturated heterocycles. The highest BCUT2D eigenvalue weighted by Crippen LogP contribution is 2.54. The Labute approximate surface area is 83.8 Å². The number of hydrogen-bond donors (Lipinski definition) is 2. The van der Waals surface area contributed by atoms with Crippen LogP contribution in [0.1, 0.15) is 27.7 Å². The van der Waals surface area contributed by atoms with Gasteiger partial charge in [-0.2, -0.15) is 0 Å². The first-order valence-corrected chi connectivity index (χ1v) is 4.89. The molecule has 0 bridgehead atoms.